The van der Waals surface area contributed by atoms with E-state index in [1.807, 2.05) is 31.2 Å². The number of carbonyl (C=O) groups is 2. The Kier molecular flexibility index (Phi) is 5.12. The van der Waals surface area contributed by atoms with Gasteiger partial charge in [-0.05, 0) is 56.5 Å². The van der Waals surface area contributed by atoms with Crippen molar-refractivity contribution in [1.29, 1.82) is 0 Å². The summed E-state index contributed by atoms with van der Waals surface area (Å²) in [5.41, 5.74) is 3.97. The molecule has 0 saturated heterocycles. The summed E-state index contributed by atoms with van der Waals surface area (Å²) in [7, 11) is 1.61. The topological polar surface area (TPSA) is 88.3 Å². The van der Waals surface area contributed by atoms with Crippen LogP contribution in [0.5, 0.6) is 0 Å². The predicted octanol–water partition coefficient (Wildman–Crippen LogP) is 4.19. The monoisotopic (exact) mass is 456 g/mol. The van der Waals surface area contributed by atoms with Gasteiger partial charge in [0.2, 0.25) is 5.91 Å². The Hall–Kier alpha value is -2.74. The van der Waals surface area contributed by atoms with E-state index in [2.05, 4.69) is 31.4 Å². The summed E-state index contributed by atoms with van der Waals surface area (Å²) in [5, 5.41) is 7.43. The largest absolute Gasteiger partial charge is 0.336 e. The van der Waals surface area contributed by atoms with Gasteiger partial charge in [0.1, 0.15) is 0 Å². The van der Waals surface area contributed by atoms with E-state index in [1.165, 1.54) is 4.90 Å². The number of fused-ring (bicyclic) bond motifs is 1. The third-order valence-electron chi connectivity index (χ3n) is 5.05. The summed E-state index contributed by atoms with van der Waals surface area (Å²) >= 11 is 3.41. The number of carbonyl (C=O) groups excluding carboxylic acids is 2. The van der Waals surface area contributed by atoms with E-state index in [-0.39, 0.29) is 18.4 Å². The average molecular weight is 457 g/mol. The zero-order valence-corrected chi connectivity index (χ0v) is 18.0. The van der Waals surface area contributed by atoms with Gasteiger partial charge in [0.15, 0.2) is 0 Å². The van der Waals surface area contributed by atoms with Gasteiger partial charge >= 0.3 is 0 Å². The fraction of sp³-hybridized carbons (Fsp3) is 0.333. The number of nitrogens with zero attached hydrogens (tertiary/aromatic N) is 3. The highest BCUT2D eigenvalue weighted by atomic mass is 79.9. The van der Waals surface area contributed by atoms with Crippen LogP contribution in [0.3, 0.4) is 0 Å². The molecule has 1 saturated carbocycles. The van der Waals surface area contributed by atoms with E-state index in [1.54, 1.807) is 14.0 Å². The first kappa shape index (κ1) is 19.6. The summed E-state index contributed by atoms with van der Waals surface area (Å²) in [6.45, 7) is 3.63. The first-order valence-corrected chi connectivity index (χ1v) is 10.2. The number of likely N-dealkylation sites (N-methyl/N-ethyl adjacent to an activating group) is 1. The van der Waals surface area contributed by atoms with Crippen molar-refractivity contribution in [3.05, 3.63) is 51.3 Å². The minimum Gasteiger partial charge on any atom is -0.336 e. The summed E-state index contributed by atoms with van der Waals surface area (Å²) in [6.07, 6.45) is 2.12. The first-order valence-electron chi connectivity index (χ1n) is 9.42. The second-order valence-electron chi connectivity index (χ2n) is 7.49. The highest BCUT2D eigenvalue weighted by molar-refractivity contribution is 9.10. The van der Waals surface area contributed by atoms with Gasteiger partial charge in [0.05, 0.1) is 23.2 Å². The molecule has 2 amide bonds. The van der Waals surface area contributed by atoms with Crippen molar-refractivity contribution in [2.75, 3.05) is 18.9 Å². The molecular weight excluding hydrogens is 436 g/mol. The molecule has 1 aliphatic rings. The number of benzene rings is 1. The van der Waals surface area contributed by atoms with Crippen LogP contribution < -0.4 is 5.32 Å². The van der Waals surface area contributed by atoms with Gasteiger partial charge in [0.25, 0.3) is 11.6 Å². The third-order valence-corrected chi connectivity index (χ3v) is 5.55. The lowest BCUT2D eigenvalue weighted by Crippen LogP contribution is -2.35. The Morgan fingerprint density at radius 3 is 2.72 bits per heavy atom. The van der Waals surface area contributed by atoms with Crippen molar-refractivity contribution >= 4 is 44.5 Å². The number of amides is 2. The minimum atomic E-state index is -0.263. The summed E-state index contributed by atoms with van der Waals surface area (Å²) < 4.78 is 6.25. The lowest BCUT2D eigenvalue weighted by molar-refractivity contribution is -0.116. The molecule has 4 rings (SSSR count). The molecule has 0 radical (unpaired) electrons. The second-order valence-corrected chi connectivity index (χ2v) is 8.40. The number of rotatable bonds is 5. The highest BCUT2D eigenvalue weighted by Gasteiger charge is 2.29. The molecule has 1 fully saturated rings. The van der Waals surface area contributed by atoms with E-state index in [0.29, 0.717) is 28.3 Å². The van der Waals surface area contributed by atoms with Crippen molar-refractivity contribution in [2.24, 2.45) is 0 Å². The molecule has 0 spiro atoms. The molecule has 8 heteroatoms. The maximum absolute atomic E-state index is 13.1. The lowest BCUT2D eigenvalue weighted by atomic mass is 10.1. The number of halogens is 1. The van der Waals surface area contributed by atoms with Crippen LogP contribution in [-0.2, 0) is 4.79 Å². The van der Waals surface area contributed by atoms with Crippen LogP contribution in [0, 0.1) is 13.8 Å². The zero-order chi connectivity index (χ0) is 20.7. The van der Waals surface area contributed by atoms with Crippen molar-refractivity contribution in [1.82, 2.24) is 15.0 Å². The fourth-order valence-corrected chi connectivity index (χ4v) is 3.80. The smallest absolute Gasteiger partial charge is 0.259 e. The molecule has 1 aromatic carbocycles. The van der Waals surface area contributed by atoms with Crippen molar-refractivity contribution in [3.8, 4) is 0 Å². The molecule has 0 unspecified atom stereocenters. The van der Waals surface area contributed by atoms with Crippen LogP contribution in [-0.4, -0.2) is 40.4 Å². The third kappa shape index (κ3) is 4.03. The standard InChI is InChI=1S/C21H21BrN4O3/c1-11-8-14(22)6-7-16(11)23-18(27)10-26(3)21(28)15-9-17(13-4-5-13)24-20-19(15)12(2)25-29-20/h6-9,13H,4-5,10H2,1-3H3,(H,23,27). The van der Waals surface area contributed by atoms with Gasteiger partial charge in [-0.25, -0.2) is 4.98 Å². The molecule has 7 nitrogen and oxygen atoms in total. The molecule has 2 heterocycles. The van der Waals surface area contributed by atoms with E-state index in [0.717, 1.165) is 34.3 Å². The van der Waals surface area contributed by atoms with E-state index >= 15 is 0 Å². The molecule has 0 atom stereocenters. The van der Waals surface area contributed by atoms with Crippen LogP contribution in [0.1, 0.15) is 46.1 Å². The Balaban J connectivity index is 1.54. The van der Waals surface area contributed by atoms with E-state index in [9.17, 15) is 9.59 Å². The highest BCUT2D eigenvalue weighted by Crippen LogP contribution is 2.40. The Labute approximate surface area is 176 Å². The van der Waals surface area contributed by atoms with Crippen LogP contribution in [0.2, 0.25) is 0 Å². The molecule has 0 bridgehead atoms. The van der Waals surface area contributed by atoms with Gasteiger partial charge in [0, 0.05) is 28.8 Å². The summed E-state index contributed by atoms with van der Waals surface area (Å²) in [5.74, 6) is -0.153. The fourth-order valence-electron chi connectivity index (χ4n) is 3.32. The number of pyridine rings is 1. The zero-order valence-electron chi connectivity index (χ0n) is 16.5. The summed E-state index contributed by atoms with van der Waals surface area (Å²) in [6, 6.07) is 7.43. The van der Waals surface area contributed by atoms with Crippen molar-refractivity contribution < 1.29 is 14.1 Å². The summed E-state index contributed by atoms with van der Waals surface area (Å²) in [4.78, 5) is 31.6. The molecule has 150 valence electrons. The Morgan fingerprint density at radius 1 is 1.28 bits per heavy atom. The molecule has 3 aromatic rings. The number of hydrogen-bond acceptors (Lipinski definition) is 5. The number of anilines is 1. The predicted molar refractivity (Wildman–Crippen MR) is 113 cm³/mol. The Bertz CT molecular complexity index is 1120. The molecule has 29 heavy (non-hydrogen) atoms. The number of aromatic nitrogens is 2. The van der Waals surface area contributed by atoms with Crippen LogP contribution in [0.15, 0.2) is 33.3 Å². The van der Waals surface area contributed by atoms with Gasteiger partial charge in [-0.15, -0.1) is 0 Å². The van der Waals surface area contributed by atoms with Crippen molar-refractivity contribution in [2.45, 2.75) is 32.6 Å². The molecule has 1 N–H and O–H groups in total. The van der Waals surface area contributed by atoms with Gasteiger partial charge in [-0.3, -0.25) is 9.59 Å². The Morgan fingerprint density at radius 2 is 2.03 bits per heavy atom. The maximum Gasteiger partial charge on any atom is 0.259 e. The van der Waals surface area contributed by atoms with Crippen molar-refractivity contribution in [3.63, 3.8) is 0 Å². The lowest BCUT2D eigenvalue weighted by Gasteiger charge is -2.18. The van der Waals surface area contributed by atoms with Gasteiger partial charge < -0.3 is 14.7 Å². The molecule has 0 aliphatic heterocycles. The van der Waals surface area contributed by atoms with Gasteiger partial charge in [-0.2, -0.15) is 0 Å². The SMILES string of the molecule is Cc1cc(Br)ccc1NC(=O)CN(C)C(=O)c1cc(C2CC2)nc2onc(C)c12. The van der Waals surface area contributed by atoms with Crippen LogP contribution in [0.25, 0.3) is 11.1 Å². The van der Waals surface area contributed by atoms with E-state index < -0.39 is 0 Å². The van der Waals surface area contributed by atoms with Gasteiger partial charge in [-0.1, -0.05) is 21.1 Å². The van der Waals surface area contributed by atoms with Crippen LogP contribution in [0.4, 0.5) is 5.69 Å². The van der Waals surface area contributed by atoms with E-state index in [4.69, 9.17) is 4.52 Å². The van der Waals surface area contributed by atoms with Crippen LogP contribution >= 0.6 is 15.9 Å². The molecule has 2 aromatic heterocycles. The quantitative estimate of drug-likeness (QED) is 0.621. The maximum atomic E-state index is 13.1. The molecular formula is C21H21BrN4O3. The minimum absolute atomic E-state index is 0.0682. The average Bonchev–Trinajstić information content (AvgIpc) is 3.46. The number of nitrogens with one attached hydrogen (secondary N) is 1. The normalized spacial score (nSPS) is 13.5. The number of aryl methyl sites for hydroxylation is 2. The molecule has 1 aliphatic carbocycles. The first-order chi connectivity index (χ1) is 13.8. The number of hydrogen-bond donors (Lipinski definition) is 1. The second kappa shape index (κ2) is 7.59.